The predicted octanol–water partition coefficient (Wildman–Crippen LogP) is 2.84. The molecule has 0 radical (unpaired) electrons. The van der Waals surface area contributed by atoms with E-state index in [0.717, 1.165) is 38.5 Å². The molecular weight excluding hydrogens is 256 g/mol. The van der Waals surface area contributed by atoms with Crippen molar-refractivity contribution in [3.63, 3.8) is 0 Å². The van der Waals surface area contributed by atoms with Crippen LogP contribution < -0.4 is 0 Å². The van der Waals surface area contributed by atoms with Crippen molar-refractivity contribution in [2.45, 2.75) is 71.0 Å². The third-order valence-corrected chi connectivity index (χ3v) is 5.48. The first-order valence-corrected chi connectivity index (χ1v) is 7.89. The topological polar surface area (TPSA) is 52.6 Å². The van der Waals surface area contributed by atoms with Crippen molar-refractivity contribution >= 4 is 11.9 Å². The Morgan fingerprint density at radius 3 is 1.50 bits per heavy atom. The van der Waals surface area contributed by atoms with Gasteiger partial charge in [0.25, 0.3) is 0 Å². The number of carbonyl (C=O) groups excluding carboxylic acids is 2. The van der Waals surface area contributed by atoms with Crippen LogP contribution in [0.2, 0.25) is 0 Å². The second-order valence-corrected chi connectivity index (χ2v) is 7.16. The smallest absolute Gasteiger partial charge is 0.309 e. The van der Waals surface area contributed by atoms with Crippen LogP contribution in [-0.2, 0) is 19.1 Å². The standard InChI is InChI=1S/C16H24O4/c1-16(2)12(19-14(17)10-5-3-6-10)9-13(16)20-15(18)11-7-4-8-11/h10-13H,3-9H2,1-2H3. The minimum absolute atomic E-state index is 0.0573. The molecule has 0 aromatic rings. The Balaban J connectivity index is 1.48. The molecule has 4 heteroatoms. The van der Waals surface area contributed by atoms with E-state index in [1.165, 1.54) is 0 Å². The van der Waals surface area contributed by atoms with E-state index in [1.807, 2.05) is 13.8 Å². The van der Waals surface area contributed by atoms with Crippen LogP contribution in [0.3, 0.4) is 0 Å². The lowest BCUT2D eigenvalue weighted by Gasteiger charge is -2.50. The molecular formula is C16H24O4. The van der Waals surface area contributed by atoms with Crippen LogP contribution in [0.1, 0.15) is 58.8 Å². The first-order valence-electron chi connectivity index (χ1n) is 7.89. The van der Waals surface area contributed by atoms with E-state index >= 15 is 0 Å². The van der Waals surface area contributed by atoms with Gasteiger partial charge in [0.1, 0.15) is 12.2 Å². The number of hydrogen-bond donors (Lipinski definition) is 0. The molecule has 0 heterocycles. The van der Waals surface area contributed by atoms with Gasteiger partial charge < -0.3 is 9.47 Å². The molecule has 0 N–H and O–H groups in total. The first kappa shape index (κ1) is 13.9. The Bertz CT molecular complexity index is 371. The van der Waals surface area contributed by atoms with Gasteiger partial charge in [0.05, 0.1) is 11.8 Å². The molecule has 3 fully saturated rings. The van der Waals surface area contributed by atoms with E-state index in [1.54, 1.807) is 0 Å². The molecule has 112 valence electrons. The van der Waals surface area contributed by atoms with Crippen LogP contribution in [0.5, 0.6) is 0 Å². The Kier molecular flexibility index (Phi) is 3.51. The van der Waals surface area contributed by atoms with Gasteiger partial charge in [-0.1, -0.05) is 26.7 Å². The van der Waals surface area contributed by atoms with Crippen molar-refractivity contribution in [1.82, 2.24) is 0 Å². The average Bonchev–Trinajstić information content (AvgIpc) is 2.22. The zero-order chi connectivity index (χ0) is 14.3. The lowest BCUT2D eigenvalue weighted by atomic mass is 9.66. The molecule has 2 unspecified atom stereocenters. The number of esters is 2. The number of rotatable bonds is 4. The Morgan fingerprint density at radius 2 is 1.25 bits per heavy atom. The van der Waals surface area contributed by atoms with Crippen LogP contribution in [0.15, 0.2) is 0 Å². The molecule has 3 aliphatic carbocycles. The molecule has 0 aliphatic heterocycles. The first-order chi connectivity index (χ1) is 9.48. The molecule has 0 aromatic carbocycles. The average molecular weight is 280 g/mol. The summed E-state index contributed by atoms with van der Waals surface area (Å²) in [5.41, 5.74) is -0.251. The molecule has 0 amide bonds. The third-order valence-electron chi connectivity index (χ3n) is 5.48. The second kappa shape index (κ2) is 5.05. The minimum Gasteiger partial charge on any atom is -0.461 e. The highest BCUT2D eigenvalue weighted by atomic mass is 16.6. The predicted molar refractivity (Wildman–Crippen MR) is 72.8 cm³/mol. The summed E-state index contributed by atoms with van der Waals surface area (Å²) in [6, 6.07) is 0. The molecule has 2 atom stereocenters. The molecule has 20 heavy (non-hydrogen) atoms. The van der Waals surface area contributed by atoms with E-state index in [-0.39, 0.29) is 41.4 Å². The Labute approximate surface area is 120 Å². The second-order valence-electron chi connectivity index (χ2n) is 7.16. The molecule has 0 bridgehead atoms. The van der Waals surface area contributed by atoms with Crippen LogP contribution in [0.25, 0.3) is 0 Å². The fourth-order valence-electron chi connectivity index (χ4n) is 3.01. The van der Waals surface area contributed by atoms with Gasteiger partial charge in [-0.2, -0.15) is 0 Å². The number of carbonyl (C=O) groups is 2. The highest BCUT2D eigenvalue weighted by molar-refractivity contribution is 5.74. The molecule has 4 nitrogen and oxygen atoms in total. The van der Waals surface area contributed by atoms with E-state index in [2.05, 4.69) is 0 Å². The zero-order valence-electron chi connectivity index (χ0n) is 12.4. The Hall–Kier alpha value is -1.06. The highest BCUT2D eigenvalue weighted by Gasteiger charge is 2.54. The highest BCUT2D eigenvalue weighted by Crippen LogP contribution is 2.46. The van der Waals surface area contributed by atoms with Crippen LogP contribution >= 0.6 is 0 Å². The van der Waals surface area contributed by atoms with Crippen LogP contribution in [-0.4, -0.2) is 24.1 Å². The number of hydrogen-bond acceptors (Lipinski definition) is 4. The Morgan fingerprint density at radius 1 is 0.850 bits per heavy atom. The van der Waals surface area contributed by atoms with Crippen molar-refractivity contribution in [3.8, 4) is 0 Å². The molecule has 3 rings (SSSR count). The van der Waals surface area contributed by atoms with Gasteiger partial charge in [-0.15, -0.1) is 0 Å². The van der Waals surface area contributed by atoms with Crippen molar-refractivity contribution in [2.24, 2.45) is 17.3 Å². The van der Waals surface area contributed by atoms with Crippen LogP contribution in [0.4, 0.5) is 0 Å². The lowest BCUT2D eigenvalue weighted by Crippen LogP contribution is -2.57. The SMILES string of the molecule is CC1(C)C(OC(=O)C2CCC2)CC1OC(=O)C1CCC1. The summed E-state index contributed by atoms with van der Waals surface area (Å²) in [6.07, 6.45) is 6.58. The summed E-state index contributed by atoms with van der Waals surface area (Å²) in [7, 11) is 0. The monoisotopic (exact) mass is 280 g/mol. The normalized spacial score (nSPS) is 32.5. The van der Waals surface area contributed by atoms with Crippen molar-refractivity contribution in [3.05, 3.63) is 0 Å². The summed E-state index contributed by atoms with van der Waals surface area (Å²) < 4.78 is 11.2. The lowest BCUT2D eigenvalue weighted by molar-refractivity contribution is -0.213. The van der Waals surface area contributed by atoms with Gasteiger partial charge in [0, 0.05) is 11.8 Å². The van der Waals surface area contributed by atoms with Gasteiger partial charge in [-0.05, 0) is 25.7 Å². The maximum absolute atomic E-state index is 11.9. The molecule has 0 aromatic heterocycles. The van der Waals surface area contributed by atoms with Gasteiger partial charge in [-0.25, -0.2) is 0 Å². The van der Waals surface area contributed by atoms with E-state index < -0.39 is 0 Å². The van der Waals surface area contributed by atoms with Gasteiger partial charge >= 0.3 is 11.9 Å². The van der Waals surface area contributed by atoms with Crippen molar-refractivity contribution in [1.29, 1.82) is 0 Å². The summed E-state index contributed by atoms with van der Waals surface area (Å²) in [6.45, 7) is 4.04. The van der Waals surface area contributed by atoms with E-state index in [4.69, 9.17) is 9.47 Å². The quantitative estimate of drug-likeness (QED) is 0.743. The fraction of sp³-hybridized carbons (Fsp3) is 0.875. The molecule has 3 saturated carbocycles. The zero-order valence-corrected chi connectivity index (χ0v) is 12.4. The summed E-state index contributed by atoms with van der Waals surface area (Å²) >= 11 is 0. The largest absolute Gasteiger partial charge is 0.461 e. The minimum atomic E-state index is -0.251. The van der Waals surface area contributed by atoms with Gasteiger partial charge in [-0.3, -0.25) is 9.59 Å². The maximum Gasteiger partial charge on any atom is 0.309 e. The van der Waals surface area contributed by atoms with E-state index in [9.17, 15) is 9.59 Å². The third kappa shape index (κ3) is 2.33. The van der Waals surface area contributed by atoms with Crippen molar-refractivity contribution < 1.29 is 19.1 Å². The summed E-state index contributed by atoms with van der Waals surface area (Å²) in [5, 5.41) is 0. The maximum atomic E-state index is 11.9. The number of ether oxygens (including phenoxy) is 2. The summed E-state index contributed by atoms with van der Waals surface area (Å²) in [4.78, 5) is 23.8. The fourth-order valence-corrected chi connectivity index (χ4v) is 3.01. The van der Waals surface area contributed by atoms with Gasteiger partial charge in [0.15, 0.2) is 0 Å². The van der Waals surface area contributed by atoms with Gasteiger partial charge in [0.2, 0.25) is 0 Å². The van der Waals surface area contributed by atoms with Crippen LogP contribution in [0, 0.1) is 17.3 Å². The van der Waals surface area contributed by atoms with Crippen molar-refractivity contribution in [2.75, 3.05) is 0 Å². The molecule has 3 aliphatic rings. The molecule has 0 spiro atoms. The summed E-state index contributed by atoms with van der Waals surface area (Å²) in [5.74, 6) is 0.112. The van der Waals surface area contributed by atoms with E-state index in [0.29, 0.717) is 6.42 Å². The molecule has 0 saturated heterocycles.